The van der Waals surface area contributed by atoms with Gasteiger partial charge in [0.25, 0.3) is 0 Å². The highest BCUT2D eigenvalue weighted by Gasteiger charge is 2.34. The minimum Gasteiger partial charge on any atom is -0.487 e. The van der Waals surface area contributed by atoms with Crippen LogP contribution in [0.4, 0.5) is 0 Å². The van der Waals surface area contributed by atoms with Crippen LogP contribution in [0.2, 0.25) is 0 Å². The summed E-state index contributed by atoms with van der Waals surface area (Å²) in [6, 6.07) is 11.1. The number of benzene rings is 1. The highest BCUT2D eigenvalue weighted by Crippen LogP contribution is 2.39. The van der Waals surface area contributed by atoms with E-state index in [4.69, 9.17) is 9.84 Å². The fraction of sp³-hybridized carbons (Fsp3) is 0.545. The molecule has 2 aliphatic rings. The Morgan fingerprint density at radius 3 is 2.82 bits per heavy atom. The second-order valence-corrected chi connectivity index (χ2v) is 8.45. The number of nitrogens with zero attached hydrogens (tertiary/aromatic N) is 3. The first kappa shape index (κ1) is 18.8. The van der Waals surface area contributed by atoms with Gasteiger partial charge in [0.1, 0.15) is 11.4 Å². The summed E-state index contributed by atoms with van der Waals surface area (Å²) in [5, 5.41) is 11.7. The molecule has 1 aromatic heterocycles. The monoisotopic (exact) mass is 381 g/mol. The standard InChI is InChI=1S/C22H31N5O/c1-22(2)14-19(18-10-6-7-11-20(18)28-22)25-21(23-3)24-15-16-12-13-27(26-16)17-8-4-5-9-17/h6-7,10-13,17,19H,4-5,8-9,14-15H2,1-3H3,(H2,23,24,25). The first-order valence-electron chi connectivity index (χ1n) is 10.3. The van der Waals surface area contributed by atoms with Crippen molar-refractivity contribution in [3.05, 3.63) is 47.8 Å². The summed E-state index contributed by atoms with van der Waals surface area (Å²) in [6.07, 6.45) is 8.12. The van der Waals surface area contributed by atoms with Crippen LogP contribution in [0.1, 0.15) is 69.3 Å². The van der Waals surface area contributed by atoms with Crippen LogP contribution in [0.25, 0.3) is 0 Å². The van der Waals surface area contributed by atoms with Crippen LogP contribution < -0.4 is 15.4 Å². The van der Waals surface area contributed by atoms with E-state index >= 15 is 0 Å². The summed E-state index contributed by atoms with van der Waals surface area (Å²) < 4.78 is 8.27. The Kier molecular flexibility index (Phi) is 5.29. The predicted molar refractivity (Wildman–Crippen MR) is 112 cm³/mol. The zero-order valence-electron chi connectivity index (χ0n) is 17.1. The van der Waals surface area contributed by atoms with E-state index in [0.29, 0.717) is 12.6 Å². The van der Waals surface area contributed by atoms with E-state index in [-0.39, 0.29) is 11.6 Å². The maximum Gasteiger partial charge on any atom is 0.191 e. The van der Waals surface area contributed by atoms with Gasteiger partial charge in [0.2, 0.25) is 0 Å². The number of hydrogen-bond donors (Lipinski definition) is 2. The van der Waals surface area contributed by atoms with Gasteiger partial charge in [0.05, 0.1) is 24.3 Å². The molecule has 4 rings (SSSR count). The minimum absolute atomic E-state index is 0.155. The van der Waals surface area contributed by atoms with Crippen molar-refractivity contribution >= 4 is 5.96 Å². The smallest absolute Gasteiger partial charge is 0.191 e. The Morgan fingerprint density at radius 1 is 1.25 bits per heavy atom. The molecule has 0 amide bonds. The van der Waals surface area contributed by atoms with Crippen LogP contribution in [0, 0.1) is 0 Å². The molecule has 0 spiro atoms. The second kappa shape index (κ2) is 7.86. The number of aromatic nitrogens is 2. The van der Waals surface area contributed by atoms with Crippen molar-refractivity contribution < 1.29 is 4.74 Å². The van der Waals surface area contributed by atoms with Gasteiger partial charge in [-0.25, -0.2) is 0 Å². The number of guanidine groups is 1. The molecule has 28 heavy (non-hydrogen) atoms. The molecule has 1 fully saturated rings. The molecule has 2 N–H and O–H groups in total. The number of ether oxygens (including phenoxy) is 1. The molecule has 1 aliphatic heterocycles. The Morgan fingerprint density at radius 2 is 2.04 bits per heavy atom. The van der Waals surface area contributed by atoms with Crippen LogP contribution in [0.5, 0.6) is 5.75 Å². The van der Waals surface area contributed by atoms with Gasteiger partial charge < -0.3 is 15.4 Å². The second-order valence-electron chi connectivity index (χ2n) is 8.45. The molecular weight excluding hydrogens is 350 g/mol. The summed E-state index contributed by atoms with van der Waals surface area (Å²) in [6.45, 7) is 4.92. The van der Waals surface area contributed by atoms with Crippen LogP contribution in [-0.4, -0.2) is 28.4 Å². The molecule has 1 aromatic carbocycles. The van der Waals surface area contributed by atoms with Gasteiger partial charge >= 0.3 is 0 Å². The average molecular weight is 382 g/mol. The molecule has 2 heterocycles. The van der Waals surface area contributed by atoms with Gasteiger partial charge in [-0.3, -0.25) is 9.67 Å². The van der Waals surface area contributed by atoms with Crippen molar-refractivity contribution in [3.63, 3.8) is 0 Å². The molecule has 0 saturated heterocycles. The zero-order valence-corrected chi connectivity index (χ0v) is 17.1. The topological polar surface area (TPSA) is 63.5 Å². The van der Waals surface area contributed by atoms with Crippen LogP contribution in [0.15, 0.2) is 41.5 Å². The van der Waals surface area contributed by atoms with Crippen LogP contribution in [-0.2, 0) is 6.54 Å². The Hall–Kier alpha value is -2.50. The fourth-order valence-electron chi connectivity index (χ4n) is 4.31. The van der Waals surface area contributed by atoms with Gasteiger partial charge in [-0.1, -0.05) is 31.0 Å². The number of hydrogen-bond acceptors (Lipinski definition) is 3. The van der Waals surface area contributed by atoms with Gasteiger partial charge in [-0.15, -0.1) is 0 Å². The zero-order chi connectivity index (χ0) is 19.6. The molecule has 1 atom stereocenters. The van der Waals surface area contributed by atoms with Crippen molar-refractivity contribution in [2.24, 2.45) is 4.99 Å². The normalized spacial score (nSPS) is 21.8. The van der Waals surface area contributed by atoms with Crippen LogP contribution in [0.3, 0.4) is 0 Å². The third-order valence-electron chi connectivity index (χ3n) is 5.71. The van der Waals surface area contributed by atoms with Crippen molar-refractivity contribution in [1.29, 1.82) is 0 Å². The number of rotatable bonds is 4. The van der Waals surface area contributed by atoms with Crippen molar-refractivity contribution in [1.82, 2.24) is 20.4 Å². The highest BCUT2D eigenvalue weighted by molar-refractivity contribution is 5.80. The van der Waals surface area contributed by atoms with Crippen molar-refractivity contribution in [3.8, 4) is 5.75 Å². The maximum absolute atomic E-state index is 6.13. The van der Waals surface area contributed by atoms with E-state index < -0.39 is 0 Å². The lowest BCUT2D eigenvalue weighted by Gasteiger charge is -2.38. The molecule has 1 saturated carbocycles. The van der Waals surface area contributed by atoms with Gasteiger partial charge in [-0.2, -0.15) is 5.10 Å². The quantitative estimate of drug-likeness (QED) is 0.621. The van der Waals surface area contributed by atoms with Crippen molar-refractivity contribution in [2.45, 2.75) is 70.2 Å². The lowest BCUT2D eigenvalue weighted by Crippen LogP contribution is -2.45. The van der Waals surface area contributed by atoms with E-state index in [1.807, 2.05) is 19.2 Å². The summed E-state index contributed by atoms with van der Waals surface area (Å²) >= 11 is 0. The lowest BCUT2D eigenvalue weighted by molar-refractivity contribution is 0.0694. The van der Waals surface area contributed by atoms with Gasteiger partial charge in [0.15, 0.2) is 5.96 Å². The molecule has 6 heteroatoms. The third kappa shape index (κ3) is 4.16. The summed E-state index contributed by atoms with van der Waals surface area (Å²) in [5.41, 5.74) is 2.00. The number of nitrogens with one attached hydrogen (secondary N) is 2. The summed E-state index contributed by atoms with van der Waals surface area (Å²) in [4.78, 5) is 4.42. The molecule has 1 aliphatic carbocycles. The fourth-order valence-corrected chi connectivity index (χ4v) is 4.31. The molecular formula is C22H31N5O. The number of aliphatic imine (C=N–C) groups is 1. The number of fused-ring (bicyclic) bond motifs is 1. The van der Waals surface area contributed by atoms with E-state index in [0.717, 1.165) is 23.8 Å². The van der Waals surface area contributed by atoms with Crippen molar-refractivity contribution in [2.75, 3.05) is 7.05 Å². The molecule has 1 unspecified atom stereocenters. The van der Waals surface area contributed by atoms with E-state index in [9.17, 15) is 0 Å². The Labute approximate surface area is 167 Å². The average Bonchev–Trinajstić information content (AvgIpc) is 3.35. The summed E-state index contributed by atoms with van der Waals surface area (Å²) in [5.74, 6) is 1.73. The SMILES string of the molecule is CN=C(NCc1ccn(C2CCCC2)n1)NC1CC(C)(C)Oc2ccccc21. The summed E-state index contributed by atoms with van der Waals surface area (Å²) in [7, 11) is 1.81. The Bertz CT molecular complexity index is 835. The largest absolute Gasteiger partial charge is 0.487 e. The molecule has 6 nitrogen and oxygen atoms in total. The van der Waals surface area contributed by atoms with Gasteiger partial charge in [0, 0.05) is 25.2 Å². The molecule has 0 radical (unpaired) electrons. The first-order chi connectivity index (χ1) is 13.5. The molecule has 2 aromatic rings. The predicted octanol–water partition coefficient (Wildman–Crippen LogP) is 3.97. The molecule has 0 bridgehead atoms. The number of para-hydroxylation sites is 1. The van der Waals surface area contributed by atoms with E-state index in [1.165, 1.54) is 31.2 Å². The van der Waals surface area contributed by atoms with Crippen LogP contribution >= 0.6 is 0 Å². The third-order valence-corrected chi connectivity index (χ3v) is 5.71. The lowest BCUT2D eigenvalue weighted by atomic mass is 9.90. The Balaban J connectivity index is 1.40. The van der Waals surface area contributed by atoms with E-state index in [1.54, 1.807) is 0 Å². The van der Waals surface area contributed by atoms with Gasteiger partial charge in [-0.05, 0) is 38.8 Å². The molecule has 150 valence electrons. The van der Waals surface area contributed by atoms with E-state index in [2.05, 4.69) is 58.6 Å². The highest BCUT2D eigenvalue weighted by atomic mass is 16.5. The minimum atomic E-state index is -0.217. The first-order valence-corrected chi connectivity index (χ1v) is 10.3. The maximum atomic E-state index is 6.13.